The number of anilines is 2. The molecule has 0 radical (unpaired) electrons. The van der Waals surface area contributed by atoms with Gasteiger partial charge in [0.2, 0.25) is 11.8 Å². The fraction of sp³-hybridized carbons (Fsp3) is 0.348. The van der Waals surface area contributed by atoms with Crippen LogP contribution in [0.3, 0.4) is 0 Å². The first-order valence-electron chi connectivity index (χ1n) is 10.5. The highest BCUT2D eigenvalue weighted by atomic mass is 35.5. The first kappa shape index (κ1) is 21.2. The van der Waals surface area contributed by atoms with Crippen LogP contribution in [0.25, 0.3) is 0 Å². The van der Waals surface area contributed by atoms with E-state index in [-0.39, 0.29) is 36.3 Å². The lowest BCUT2D eigenvalue weighted by Gasteiger charge is -2.47. The molecule has 0 aromatic heterocycles. The Bertz CT molecular complexity index is 951. The average Bonchev–Trinajstić information content (AvgIpc) is 2.76. The van der Waals surface area contributed by atoms with Gasteiger partial charge in [0.1, 0.15) is 6.04 Å². The van der Waals surface area contributed by atoms with Crippen LogP contribution in [-0.2, 0) is 9.59 Å². The summed E-state index contributed by atoms with van der Waals surface area (Å²) < 4.78 is 0. The molecule has 7 nitrogen and oxygen atoms in total. The van der Waals surface area contributed by atoms with Gasteiger partial charge < -0.3 is 20.9 Å². The maximum absolute atomic E-state index is 13.2. The summed E-state index contributed by atoms with van der Waals surface area (Å²) in [5.41, 5.74) is 1.23. The number of hydrogen-bond donors (Lipinski definition) is 3. The van der Waals surface area contributed by atoms with E-state index >= 15 is 0 Å². The number of urea groups is 1. The third kappa shape index (κ3) is 4.99. The third-order valence-electron chi connectivity index (χ3n) is 5.82. The van der Waals surface area contributed by atoms with Gasteiger partial charge in [0.05, 0.1) is 12.5 Å². The van der Waals surface area contributed by atoms with Gasteiger partial charge in [-0.05, 0) is 49.2 Å². The molecule has 2 aromatic carbocycles. The van der Waals surface area contributed by atoms with Gasteiger partial charge in [-0.2, -0.15) is 0 Å². The summed E-state index contributed by atoms with van der Waals surface area (Å²) in [5, 5.41) is 9.27. The lowest BCUT2D eigenvalue weighted by atomic mass is 9.85. The molecule has 3 atom stereocenters. The van der Waals surface area contributed by atoms with Crippen molar-refractivity contribution in [2.45, 2.75) is 50.2 Å². The third-order valence-corrected chi connectivity index (χ3v) is 6.07. The summed E-state index contributed by atoms with van der Waals surface area (Å²) in [6.07, 6.45) is 3.49. The normalized spacial score (nSPS) is 22.8. The highest BCUT2D eigenvalue weighted by Gasteiger charge is 2.46. The van der Waals surface area contributed by atoms with E-state index in [0.717, 1.165) is 25.7 Å². The average molecular weight is 441 g/mol. The van der Waals surface area contributed by atoms with Gasteiger partial charge >= 0.3 is 6.03 Å². The Morgan fingerprint density at radius 3 is 2.39 bits per heavy atom. The van der Waals surface area contributed by atoms with Crippen molar-refractivity contribution in [3.8, 4) is 0 Å². The van der Waals surface area contributed by atoms with Gasteiger partial charge in [-0.25, -0.2) is 4.79 Å². The smallest absolute Gasteiger partial charge is 0.322 e. The topological polar surface area (TPSA) is 90.5 Å². The lowest BCUT2D eigenvalue weighted by molar-refractivity contribution is -0.135. The molecule has 8 heteroatoms. The number of benzene rings is 2. The predicted octanol–water partition coefficient (Wildman–Crippen LogP) is 4.01. The molecule has 31 heavy (non-hydrogen) atoms. The SMILES string of the molecule is O=C(C[C@H]1C(=O)N[C@@H]2CCCC[C@@H]2N1C(=O)Nc1ccccc1)Nc1ccc(Cl)cc1. The van der Waals surface area contributed by atoms with E-state index < -0.39 is 6.04 Å². The highest BCUT2D eigenvalue weighted by Crippen LogP contribution is 2.30. The molecule has 1 aliphatic carbocycles. The van der Waals surface area contributed by atoms with E-state index in [9.17, 15) is 14.4 Å². The number of fused-ring (bicyclic) bond motifs is 1. The molecular weight excluding hydrogens is 416 g/mol. The van der Waals surface area contributed by atoms with Crippen LogP contribution in [-0.4, -0.2) is 40.9 Å². The van der Waals surface area contributed by atoms with Crippen LogP contribution in [0.1, 0.15) is 32.1 Å². The minimum absolute atomic E-state index is 0.0849. The Hall–Kier alpha value is -3.06. The van der Waals surface area contributed by atoms with Crippen molar-refractivity contribution in [1.29, 1.82) is 0 Å². The molecule has 2 aliphatic rings. The lowest BCUT2D eigenvalue weighted by Crippen LogP contribution is -2.68. The first-order chi connectivity index (χ1) is 15.0. The van der Waals surface area contributed by atoms with Crippen molar-refractivity contribution >= 4 is 40.8 Å². The number of carbonyl (C=O) groups is 3. The molecule has 2 fully saturated rings. The van der Waals surface area contributed by atoms with E-state index in [1.165, 1.54) is 0 Å². The minimum atomic E-state index is -0.879. The maximum atomic E-state index is 13.2. The van der Waals surface area contributed by atoms with Crippen LogP contribution in [0.5, 0.6) is 0 Å². The fourth-order valence-electron chi connectivity index (χ4n) is 4.36. The molecule has 1 aliphatic heterocycles. The zero-order valence-electron chi connectivity index (χ0n) is 17.0. The molecule has 1 saturated heterocycles. The molecule has 3 N–H and O–H groups in total. The first-order valence-corrected chi connectivity index (χ1v) is 10.9. The molecular formula is C23H25ClN4O3. The summed E-state index contributed by atoms with van der Waals surface area (Å²) in [6.45, 7) is 0. The second kappa shape index (κ2) is 9.39. The molecule has 4 amide bonds. The molecule has 1 saturated carbocycles. The van der Waals surface area contributed by atoms with E-state index in [0.29, 0.717) is 16.4 Å². The molecule has 2 aromatic rings. The molecule has 0 spiro atoms. The van der Waals surface area contributed by atoms with Crippen molar-refractivity contribution in [1.82, 2.24) is 10.2 Å². The number of carbonyl (C=O) groups excluding carboxylic acids is 3. The standard InChI is InChI=1S/C23H25ClN4O3/c24-15-10-12-17(13-11-15)25-21(29)14-20-22(30)27-18-8-4-5-9-19(18)28(20)23(31)26-16-6-2-1-3-7-16/h1-3,6-7,10-13,18-20H,4-5,8-9,14H2,(H,25,29)(H,26,31)(H,27,30)/t18-,19+,20+/m1/s1. The zero-order valence-corrected chi connectivity index (χ0v) is 17.8. The second-order valence-corrected chi connectivity index (χ2v) is 8.38. The summed E-state index contributed by atoms with van der Waals surface area (Å²) in [7, 11) is 0. The van der Waals surface area contributed by atoms with E-state index in [4.69, 9.17) is 11.6 Å². The quantitative estimate of drug-likeness (QED) is 0.670. The monoisotopic (exact) mass is 440 g/mol. The Morgan fingerprint density at radius 1 is 0.968 bits per heavy atom. The van der Waals surface area contributed by atoms with E-state index in [1.807, 2.05) is 18.2 Å². The predicted molar refractivity (Wildman–Crippen MR) is 120 cm³/mol. The van der Waals surface area contributed by atoms with Gasteiger partial charge in [0, 0.05) is 22.4 Å². The largest absolute Gasteiger partial charge is 0.349 e. The number of piperazine rings is 1. The number of halogens is 1. The Morgan fingerprint density at radius 2 is 1.65 bits per heavy atom. The summed E-state index contributed by atoms with van der Waals surface area (Å²) in [6, 6.07) is 14.4. The van der Waals surface area contributed by atoms with Gasteiger partial charge in [-0.3, -0.25) is 9.59 Å². The molecule has 1 heterocycles. The van der Waals surface area contributed by atoms with Crippen molar-refractivity contribution in [2.75, 3.05) is 10.6 Å². The number of para-hydroxylation sites is 1. The number of nitrogens with zero attached hydrogens (tertiary/aromatic N) is 1. The van der Waals surface area contributed by atoms with Crippen LogP contribution >= 0.6 is 11.6 Å². The Balaban J connectivity index is 1.53. The van der Waals surface area contributed by atoms with Crippen LogP contribution in [0.2, 0.25) is 5.02 Å². The number of rotatable bonds is 4. The van der Waals surface area contributed by atoms with Crippen LogP contribution in [0.15, 0.2) is 54.6 Å². The van der Waals surface area contributed by atoms with Crippen molar-refractivity contribution in [3.05, 3.63) is 59.6 Å². The van der Waals surface area contributed by atoms with Gasteiger partial charge in [0.15, 0.2) is 0 Å². The van der Waals surface area contributed by atoms with Crippen molar-refractivity contribution in [2.24, 2.45) is 0 Å². The molecule has 0 bridgehead atoms. The number of nitrogens with one attached hydrogen (secondary N) is 3. The van der Waals surface area contributed by atoms with E-state index in [2.05, 4.69) is 16.0 Å². The number of amides is 4. The Labute approximate surface area is 186 Å². The second-order valence-electron chi connectivity index (χ2n) is 7.95. The summed E-state index contributed by atoms with van der Waals surface area (Å²) >= 11 is 5.89. The van der Waals surface area contributed by atoms with Crippen molar-refractivity contribution < 1.29 is 14.4 Å². The van der Waals surface area contributed by atoms with Crippen LogP contribution in [0, 0.1) is 0 Å². The molecule has 4 rings (SSSR count). The zero-order chi connectivity index (χ0) is 21.8. The Kier molecular flexibility index (Phi) is 6.42. The highest BCUT2D eigenvalue weighted by molar-refractivity contribution is 6.30. The molecule has 0 unspecified atom stereocenters. The minimum Gasteiger partial charge on any atom is -0.349 e. The van der Waals surface area contributed by atoms with Crippen LogP contribution in [0.4, 0.5) is 16.2 Å². The van der Waals surface area contributed by atoms with Gasteiger partial charge in [0.25, 0.3) is 0 Å². The van der Waals surface area contributed by atoms with Crippen LogP contribution < -0.4 is 16.0 Å². The van der Waals surface area contributed by atoms with Gasteiger partial charge in [-0.1, -0.05) is 42.6 Å². The fourth-order valence-corrected chi connectivity index (χ4v) is 4.49. The van der Waals surface area contributed by atoms with Crippen molar-refractivity contribution in [3.63, 3.8) is 0 Å². The number of hydrogen-bond acceptors (Lipinski definition) is 3. The maximum Gasteiger partial charge on any atom is 0.322 e. The van der Waals surface area contributed by atoms with Gasteiger partial charge in [-0.15, -0.1) is 0 Å². The summed E-state index contributed by atoms with van der Waals surface area (Å²) in [5.74, 6) is -0.633. The molecule has 162 valence electrons. The van der Waals surface area contributed by atoms with E-state index in [1.54, 1.807) is 41.3 Å². The summed E-state index contributed by atoms with van der Waals surface area (Å²) in [4.78, 5) is 40.5.